The normalized spacial score (nSPS) is 39.5. The van der Waals surface area contributed by atoms with Crippen molar-refractivity contribution in [3.63, 3.8) is 0 Å². The fourth-order valence-corrected chi connectivity index (χ4v) is 6.65. The van der Waals surface area contributed by atoms with Crippen molar-refractivity contribution in [1.29, 1.82) is 0 Å². The molecule has 3 rings (SSSR count). The van der Waals surface area contributed by atoms with Gasteiger partial charge < -0.3 is 15.3 Å². The second-order valence-corrected chi connectivity index (χ2v) is 11.0. The lowest BCUT2D eigenvalue weighted by Crippen LogP contribution is -2.36. The molecule has 7 atom stereocenters. The van der Waals surface area contributed by atoms with Crippen LogP contribution < -0.4 is 0 Å². The zero-order valence-electron chi connectivity index (χ0n) is 19.6. The number of aliphatic hydroxyl groups excluding tert-OH is 3. The summed E-state index contributed by atoms with van der Waals surface area (Å²) >= 11 is 0. The SMILES string of the molecule is C=C1/C(=C\C=C2\CCC[C@]3(C)[C@@H]2CC[C@@H]3[C@H](C)CC[C@H](O)C(C)C)C[C@@H](O)C[C@@H]1O. The molecule has 0 heterocycles. The van der Waals surface area contributed by atoms with E-state index in [1.165, 1.54) is 25.7 Å². The van der Waals surface area contributed by atoms with E-state index in [0.717, 1.165) is 36.3 Å². The Morgan fingerprint density at radius 2 is 1.87 bits per heavy atom. The van der Waals surface area contributed by atoms with Crippen LogP contribution in [-0.4, -0.2) is 33.6 Å². The smallest absolute Gasteiger partial charge is 0.0811 e. The van der Waals surface area contributed by atoms with Crippen LogP contribution in [0.25, 0.3) is 0 Å². The van der Waals surface area contributed by atoms with Gasteiger partial charge in [0.15, 0.2) is 0 Å². The van der Waals surface area contributed by atoms with Gasteiger partial charge in [-0.1, -0.05) is 52.0 Å². The van der Waals surface area contributed by atoms with Crippen LogP contribution in [0.15, 0.2) is 35.5 Å². The molecule has 3 nitrogen and oxygen atoms in total. The number of allylic oxidation sites excluding steroid dienone is 3. The minimum Gasteiger partial charge on any atom is -0.393 e. The molecule has 0 bridgehead atoms. The van der Waals surface area contributed by atoms with E-state index in [0.29, 0.717) is 36.0 Å². The highest BCUT2D eigenvalue weighted by Crippen LogP contribution is 2.60. The summed E-state index contributed by atoms with van der Waals surface area (Å²) in [7, 11) is 0. The van der Waals surface area contributed by atoms with E-state index in [4.69, 9.17) is 0 Å². The molecule has 0 unspecified atom stereocenters. The fraction of sp³-hybridized carbons (Fsp3) is 0.778. The molecule has 3 fully saturated rings. The van der Waals surface area contributed by atoms with E-state index < -0.39 is 12.2 Å². The first-order valence-corrected chi connectivity index (χ1v) is 12.3. The molecule has 0 amide bonds. The van der Waals surface area contributed by atoms with E-state index in [-0.39, 0.29) is 6.10 Å². The second-order valence-electron chi connectivity index (χ2n) is 11.0. The summed E-state index contributed by atoms with van der Waals surface area (Å²) < 4.78 is 0. The summed E-state index contributed by atoms with van der Waals surface area (Å²) in [6.07, 6.45) is 12.4. The predicted molar refractivity (Wildman–Crippen MR) is 124 cm³/mol. The second kappa shape index (κ2) is 9.71. The predicted octanol–water partition coefficient (Wildman–Crippen LogP) is 5.56. The molecular weight excluding hydrogens is 372 g/mol. The van der Waals surface area contributed by atoms with Gasteiger partial charge in [-0.15, -0.1) is 0 Å². The van der Waals surface area contributed by atoms with Crippen LogP contribution in [0.5, 0.6) is 0 Å². The topological polar surface area (TPSA) is 60.7 Å². The van der Waals surface area contributed by atoms with Crippen molar-refractivity contribution in [3.8, 4) is 0 Å². The number of fused-ring (bicyclic) bond motifs is 1. The maximum atomic E-state index is 10.3. The van der Waals surface area contributed by atoms with E-state index in [1.807, 2.05) is 0 Å². The lowest BCUT2D eigenvalue weighted by atomic mass is 9.60. The van der Waals surface area contributed by atoms with Crippen LogP contribution >= 0.6 is 0 Å². The van der Waals surface area contributed by atoms with Crippen molar-refractivity contribution < 1.29 is 15.3 Å². The largest absolute Gasteiger partial charge is 0.393 e. The highest BCUT2D eigenvalue weighted by atomic mass is 16.3. The molecule has 170 valence electrons. The summed E-state index contributed by atoms with van der Waals surface area (Å²) in [5.41, 5.74) is 3.69. The minimum absolute atomic E-state index is 0.180. The number of rotatable bonds is 6. The number of hydrogen-bond acceptors (Lipinski definition) is 3. The molecule has 0 aromatic carbocycles. The van der Waals surface area contributed by atoms with Gasteiger partial charge in [0.1, 0.15) is 0 Å². The molecular formula is C27H44O3. The standard InChI is InChI=1S/C27H44O3/c1-17(2)25(29)13-8-18(3)23-11-12-24-20(7-6-14-27(23,24)5)9-10-21-15-22(28)16-26(30)19(21)4/h9-10,17-18,22-26,28-30H,4,6-8,11-16H2,1-3,5H3/b20-9-,21-10-/t18-,22-,23-,24-,25+,26+,27+/m1/s1. The molecule has 3 heteroatoms. The van der Waals surface area contributed by atoms with Gasteiger partial charge in [0, 0.05) is 6.42 Å². The van der Waals surface area contributed by atoms with Gasteiger partial charge >= 0.3 is 0 Å². The summed E-state index contributed by atoms with van der Waals surface area (Å²) in [5.74, 6) is 2.35. The molecule has 3 aliphatic rings. The lowest BCUT2D eigenvalue weighted by molar-refractivity contribution is 0.0717. The van der Waals surface area contributed by atoms with Gasteiger partial charge in [0.05, 0.1) is 18.3 Å². The van der Waals surface area contributed by atoms with Gasteiger partial charge in [-0.05, 0) is 91.6 Å². The Balaban J connectivity index is 1.72. The van der Waals surface area contributed by atoms with Crippen LogP contribution in [0.4, 0.5) is 0 Å². The van der Waals surface area contributed by atoms with E-state index in [2.05, 4.69) is 46.4 Å². The van der Waals surface area contributed by atoms with E-state index in [1.54, 1.807) is 5.57 Å². The molecule has 0 saturated heterocycles. The molecule has 0 radical (unpaired) electrons. The summed E-state index contributed by atoms with van der Waals surface area (Å²) in [5, 5.41) is 30.4. The van der Waals surface area contributed by atoms with Crippen molar-refractivity contribution >= 4 is 0 Å². The number of aliphatic hydroxyl groups is 3. The Hall–Kier alpha value is -0.900. The maximum Gasteiger partial charge on any atom is 0.0811 e. The number of hydrogen-bond donors (Lipinski definition) is 3. The minimum atomic E-state index is -0.618. The molecule has 0 aliphatic heterocycles. The van der Waals surface area contributed by atoms with Crippen molar-refractivity contribution in [3.05, 3.63) is 35.5 Å². The Kier molecular flexibility index (Phi) is 7.69. The summed E-state index contributed by atoms with van der Waals surface area (Å²) in [6, 6.07) is 0. The molecule has 3 aliphatic carbocycles. The van der Waals surface area contributed by atoms with Crippen LogP contribution in [-0.2, 0) is 0 Å². The Labute approximate surface area is 184 Å². The Morgan fingerprint density at radius 1 is 1.13 bits per heavy atom. The van der Waals surface area contributed by atoms with Gasteiger partial charge in [-0.3, -0.25) is 0 Å². The van der Waals surface area contributed by atoms with Gasteiger partial charge in [0.25, 0.3) is 0 Å². The molecule has 30 heavy (non-hydrogen) atoms. The lowest BCUT2D eigenvalue weighted by Gasteiger charge is -2.44. The van der Waals surface area contributed by atoms with Crippen LogP contribution in [0, 0.1) is 29.1 Å². The highest BCUT2D eigenvalue weighted by Gasteiger charge is 2.50. The first kappa shape index (κ1) is 23.8. The van der Waals surface area contributed by atoms with Crippen molar-refractivity contribution in [2.45, 2.75) is 104 Å². The molecule has 0 spiro atoms. The zero-order chi connectivity index (χ0) is 22.1. The van der Waals surface area contributed by atoms with E-state index in [9.17, 15) is 15.3 Å². The third-order valence-corrected chi connectivity index (χ3v) is 8.68. The van der Waals surface area contributed by atoms with Crippen molar-refractivity contribution in [2.24, 2.45) is 29.1 Å². The summed E-state index contributed by atoms with van der Waals surface area (Å²) in [4.78, 5) is 0. The molecule has 3 saturated carbocycles. The quantitative estimate of drug-likeness (QED) is 0.531. The van der Waals surface area contributed by atoms with Crippen molar-refractivity contribution in [2.75, 3.05) is 0 Å². The Bertz CT molecular complexity index is 676. The Morgan fingerprint density at radius 3 is 2.57 bits per heavy atom. The average molecular weight is 417 g/mol. The average Bonchev–Trinajstić information content (AvgIpc) is 3.04. The van der Waals surface area contributed by atoms with Gasteiger partial charge in [-0.25, -0.2) is 0 Å². The van der Waals surface area contributed by atoms with Gasteiger partial charge in [-0.2, -0.15) is 0 Å². The van der Waals surface area contributed by atoms with Crippen LogP contribution in [0.2, 0.25) is 0 Å². The molecule has 3 N–H and O–H groups in total. The first-order valence-electron chi connectivity index (χ1n) is 12.3. The zero-order valence-corrected chi connectivity index (χ0v) is 19.6. The molecule has 0 aromatic heterocycles. The van der Waals surface area contributed by atoms with Crippen molar-refractivity contribution in [1.82, 2.24) is 0 Å². The maximum absolute atomic E-state index is 10.3. The third kappa shape index (κ3) is 4.95. The first-order chi connectivity index (χ1) is 14.1. The fourth-order valence-electron chi connectivity index (χ4n) is 6.65. The molecule has 0 aromatic rings. The third-order valence-electron chi connectivity index (χ3n) is 8.68. The van der Waals surface area contributed by atoms with Crippen LogP contribution in [0.1, 0.15) is 85.5 Å². The summed E-state index contributed by atoms with van der Waals surface area (Å²) in [6.45, 7) is 13.2. The van der Waals surface area contributed by atoms with Gasteiger partial charge in [0.2, 0.25) is 0 Å². The monoisotopic (exact) mass is 416 g/mol. The highest BCUT2D eigenvalue weighted by molar-refractivity contribution is 5.38. The van der Waals surface area contributed by atoms with E-state index >= 15 is 0 Å². The van der Waals surface area contributed by atoms with Crippen LogP contribution in [0.3, 0.4) is 0 Å².